The van der Waals surface area contributed by atoms with Crippen LogP contribution in [0.25, 0.3) is 0 Å². The third-order valence-electron chi connectivity index (χ3n) is 2.49. The molecule has 0 radical (unpaired) electrons. The first kappa shape index (κ1) is 23.2. The Balaban J connectivity index is 0. The first-order valence-corrected chi connectivity index (χ1v) is 6.06. The smallest absolute Gasteiger partial charge is 0.151 e. The second kappa shape index (κ2) is 12.5. The lowest BCUT2D eigenvalue weighted by Crippen LogP contribution is -2.46. The second-order valence-electron chi connectivity index (χ2n) is 4.22. The Labute approximate surface area is 125 Å². The summed E-state index contributed by atoms with van der Waals surface area (Å²) in [6, 6.07) is 0. The zero-order chi connectivity index (χ0) is 17.9. The predicted octanol–water partition coefficient (Wildman–Crippen LogP) is -6.12. The largest absolute Gasteiger partial charge is 0.394 e. The maximum Gasteiger partial charge on any atom is 0.151 e. The molecule has 0 aliphatic rings. The van der Waals surface area contributed by atoms with Crippen LogP contribution < -0.4 is 0 Å². The molecule has 0 spiro atoms. The molecule has 7 atom stereocenters. The van der Waals surface area contributed by atoms with Crippen LogP contribution in [0.4, 0.5) is 0 Å². The fourth-order valence-electron chi connectivity index (χ4n) is 1.03. The number of rotatable bonds is 9. The quantitative estimate of drug-likeness (QED) is 0.181. The van der Waals surface area contributed by atoms with Gasteiger partial charge in [-0.2, -0.15) is 0 Å². The molecule has 0 aliphatic carbocycles. The average molecular weight is 330 g/mol. The SMILES string of the molecule is O=C[C@H](O)[C@@H](O)[C@@H](O)CO.O=C[C@H](O)[C@@H](O)[C@@H](O)[C@H](O)CO. The fourth-order valence-corrected chi connectivity index (χ4v) is 1.03. The van der Waals surface area contributed by atoms with Crippen molar-refractivity contribution >= 4 is 12.6 Å². The van der Waals surface area contributed by atoms with E-state index in [1.165, 1.54) is 0 Å². The lowest BCUT2D eigenvalue weighted by Gasteiger charge is -2.22. The van der Waals surface area contributed by atoms with E-state index in [-0.39, 0.29) is 12.6 Å². The Bertz CT molecular complexity index is 300. The van der Waals surface area contributed by atoms with Gasteiger partial charge >= 0.3 is 0 Å². The van der Waals surface area contributed by atoms with Crippen LogP contribution in [0.2, 0.25) is 0 Å². The summed E-state index contributed by atoms with van der Waals surface area (Å²) < 4.78 is 0. The minimum absolute atomic E-state index is 0.0258. The molecule has 0 fully saturated rings. The highest BCUT2D eigenvalue weighted by molar-refractivity contribution is 5.57. The van der Waals surface area contributed by atoms with Gasteiger partial charge < -0.3 is 55.5 Å². The zero-order valence-electron chi connectivity index (χ0n) is 11.5. The van der Waals surface area contributed by atoms with Crippen molar-refractivity contribution in [2.45, 2.75) is 42.7 Å². The number of carbonyl (C=O) groups excluding carboxylic acids is 2. The highest BCUT2D eigenvalue weighted by atomic mass is 16.4. The average Bonchev–Trinajstić information content (AvgIpc) is 2.56. The predicted molar refractivity (Wildman–Crippen MR) is 68.3 cm³/mol. The summed E-state index contributed by atoms with van der Waals surface area (Å²) in [5.74, 6) is 0. The Kier molecular flexibility index (Phi) is 13.2. The van der Waals surface area contributed by atoms with E-state index >= 15 is 0 Å². The van der Waals surface area contributed by atoms with Gasteiger partial charge in [-0.1, -0.05) is 0 Å². The third-order valence-corrected chi connectivity index (χ3v) is 2.49. The lowest BCUT2D eigenvalue weighted by molar-refractivity contribution is -0.136. The van der Waals surface area contributed by atoms with E-state index in [2.05, 4.69) is 0 Å². The molecule has 0 aliphatic heterocycles. The molecule has 0 aromatic heterocycles. The van der Waals surface area contributed by atoms with Crippen LogP contribution in [0.3, 0.4) is 0 Å². The van der Waals surface area contributed by atoms with Crippen molar-refractivity contribution in [3.63, 3.8) is 0 Å². The van der Waals surface area contributed by atoms with E-state index < -0.39 is 55.9 Å². The van der Waals surface area contributed by atoms with E-state index in [1.807, 2.05) is 0 Å². The molecule has 0 bridgehead atoms. The Morgan fingerprint density at radius 3 is 1.23 bits per heavy atom. The van der Waals surface area contributed by atoms with Gasteiger partial charge in [-0.05, 0) is 0 Å². The van der Waals surface area contributed by atoms with E-state index in [1.54, 1.807) is 0 Å². The fraction of sp³-hybridized carbons (Fsp3) is 0.818. The van der Waals surface area contributed by atoms with Crippen molar-refractivity contribution in [2.75, 3.05) is 13.2 Å². The number of aldehydes is 2. The number of carbonyl (C=O) groups is 2. The van der Waals surface area contributed by atoms with Crippen molar-refractivity contribution in [1.29, 1.82) is 0 Å². The summed E-state index contributed by atoms with van der Waals surface area (Å²) >= 11 is 0. The molecule has 0 aromatic carbocycles. The van der Waals surface area contributed by atoms with Crippen LogP contribution in [0, 0.1) is 0 Å². The molecule has 0 unspecified atom stereocenters. The van der Waals surface area contributed by atoms with Gasteiger partial charge in [0.25, 0.3) is 0 Å². The van der Waals surface area contributed by atoms with Gasteiger partial charge in [0.05, 0.1) is 13.2 Å². The molecule has 0 saturated carbocycles. The van der Waals surface area contributed by atoms with E-state index in [0.29, 0.717) is 0 Å². The van der Waals surface area contributed by atoms with Gasteiger partial charge in [-0.25, -0.2) is 0 Å². The molecule has 0 heterocycles. The maximum atomic E-state index is 9.90. The third kappa shape index (κ3) is 8.43. The van der Waals surface area contributed by atoms with Crippen LogP contribution in [0.15, 0.2) is 0 Å². The van der Waals surface area contributed by atoms with Crippen LogP contribution >= 0.6 is 0 Å². The van der Waals surface area contributed by atoms with Crippen molar-refractivity contribution < 1.29 is 55.5 Å². The van der Waals surface area contributed by atoms with Gasteiger partial charge in [0.2, 0.25) is 0 Å². The molecule has 0 amide bonds. The number of hydrogen-bond donors (Lipinski definition) is 9. The van der Waals surface area contributed by atoms with Gasteiger partial charge in [-0.3, -0.25) is 0 Å². The van der Waals surface area contributed by atoms with E-state index in [4.69, 9.17) is 46.0 Å². The summed E-state index contributed by atoms with van der Waals surface area (Å²) in [5, 5.41) is 77.6. The van der Waals surface area contributed by atoms with Gasteiger partial charge in [0, 0.05) is 0 Å². The number of aliphatic hydroxyl groups excluding tert-OH is 9. The van der Waals surface area contributed by atoms with Crippen molar-refractivity contribution in [3.8, 4) is 0 Å². The van der Waals surface area contributed by atoms with Crippen molar-refractivity contribution in [2.24, 2.45) is 0 Å². The van der Waals surface area contributed by atoms with Gasteiger partial charge in [-0.15, -0.1) is 0 Å². The van der Waals surface area contributed by atoms with Gasteiger partial charge in [0.15, 0.2) is 12.6 Å². The monoisotopic (exact) mass is 330 g/mol. The Morgan fingerprint density at radius 2 is 0.909 bits per heavy atom. The summed E-state index contributed by atoms with van der Waals surface area (Å²) in [6.45, 7) is -1.45. The van der Waals surface area contributed by atoms with Gasteiger partial charge in [0.1, 0.15) is 42.7 Å². The van der Waals surface area contributed by atoms with Crippen LogP contribution in [-0.2, 0) is 9.59 Å². The molecule has 11 heteroatoms. The molecule has 9 N–H and O–H groups in total. The standard InChI is InChI=1S/C6H12O6.C5H10O5/c7-1-3(9)5(11)6(12)4(10)2-8;6-1-3(8)5(10)4(9)2-7/h1,3-6,8-12H,2H2;1,3-5,7-10H,2H2/t3-,4+,5+,6-;3-,4-,5+/m00/s1. The molecule has 0 saturated heterocycles. The number of aliphatic hydroxyl groups is 9. The first-order valence-electron chi connectivity index (χ1n) is 6.06. The van der Waals surface area contributed by atoms with Crippen molar-refractivity contribution in [1.82, 2.24) is 0 Å². The molecule has 22 heavy (non-hydrogen) atoms. The lowest BCUT2D eigenvalue weighted by atomic mass is 10.0. The summed E-state index contributed by atoms with van der Waals surface area (Å²) in [5.41, 5.74) is 0. The second-order valence-corrected chi connectivity index (χ2v) is 4.22. The molecule has 0 rings (SSSR count). The van der Waals surface area contributed by atoms with E-state index in [0.717, 1.165) is 0 Å². The van der Waals surface area contributed by atoms with Crippen LogP contribution in [-0.4, -0.2) is 114 Å². The van der Waals surface area contributed by atoms with Crippen LogP contribution in [0.5, 0.6) is 0 Å². The van der Waals surface area contributed by atoms with Crippen LogP contribution in [0.1, 0.15) is 0 Å². The molecule has 132 valence electrons. The Morgan fingerprint density at radius 1 is 0.591 bits per heavy atom. The summed E-state index contributed by atoms with van der Waals surface area (Å²) in [7, 11) is 0. The molecular formula is C11H22O11. The molecule has 0 aromatic rings. The minimum Gasteiger partial charge on any atom is -0.394 e. The first-order chi connectivity index (χ1) is 10.2. The van der Waals surface area contributed by atoms with E-state index in [9.17, 15) is 9.59 Å². The molecule has 11 nitrogen and oxygen atoms in total. The maximum absolute atomic E-state index is 9.90. The minimum atomic E-state index is -1.79. The summed E-state index contributed by atoms with van der Waals surface area (Å²) in [6.07, 6.45) is -11.5. The summed E-state index contributed by atoms with van der Waals surface area (Å²) in [4.78, 5) is 19.7. The zero-order valence-corrected chi connectivity index (χ0v) is 11.5. The highest BCUT2D eigenvalue weighted by Crippen LogP contribution is 2.03. The topological polar surface area (TPSA) is 216 Å². The number of hydrogen-bond acceptors (Lipinski definition) is 11. The molecular weight excluding hydrogens is 308 g/mol. The Hall–Kier alpha value is -1.02. The normalized spacial score (nSPS) is 20.4. The highest BCUT2D eigenvalue weighted by Gasteiger charge is 2.29. The van der Waals surface area contributed by atoms with Crippen molar-refractivity contribution in [3.05, 3.63) is 0 Å².